The third-order valence-electron chi connectivity index (χ3n) is 5.76. The summed E-state index contributed by atoms with van der Waals surface area (Å²) in [7, 11) is 1.41. The van der Waals surface area contributed by atoms with Crippen LogP contribution in [0.15, 0.2) is 36.4 Å². The molecule has 0 bridgehead atoms. The van der Waals surface area contributed by atoms with Crippen molar-refractivity contribution in [1.29, 1.82) is 0 Å². The molecule has 1 saturated carbocycles. The van der Waals surface area contributed by atoms with Gasteiger partial charge in [0.1, 0.15) is 11.9 Å². The van der Waals surface area contributed by atoms with E-state index in [-0.39, 0.29) is 18.6 Å². The van der Waals surface area contributed by atoms with Crippen molar-refractivity contribution >= 4 is 0 Å². The van der Waals surface area contributed by atoms with Gasteiger partial charge in [0.05, 0.1) is 12.5 Å². The summed E-state index contributed by atoms with van der Waals surface area (Å²) >= 11 is 0. The van der Waals surface area contributed by atoms with Gasteiger partial charge in [0.25, 0.3) is 5.92 Å². The van der Waals surface area contributed by atoms with Gasteiger partial charge >= 0.3 is 0 Å². The van der Waals surface area contributed by atoms with Crippen LogP contribution in [-0.4, -0.2) is 19.1 Å². The van der Waals surface area contributed by atoms with Gasteiger partial charge in [-0.15, -0.1) is 0 Å². The third-order valence-corrected chi connectivity index (χ3v) is 5.76. The van der Waals surface area contributed by atoms with Crippen LogP contribution in [0.5, 0.6) is 11.5 Å². The van der Waals surface area contributed by atoms with Crippen LogP contribution < -0.4 is 9.47 Å². The standard InChI is InChI=1S/C21H21F3O2/c1-13-5-3-6-17-19(13)21(14-7-8-16(25-2)15(22)11-14)10-4-9-20(23,24)12-18(21)26-17/h3,5-8,11,18H,4,9-10,12H2,1-2H3. The second-order valence-corrected chi connectivity index (χ2v) is 7.29. The summed E-state index contributed by atoms with van der Waals surface area (Å²) in [6.07, 6.45) is -0.405. The van der Waals surface area contributed by atoms with Gasteiger partial charge in [-0.2, -0.15) is 0 Å². The number of hydrogen-bond acceptors (Lipinski definition) is 2. The predicted molar refractivity (Wildman–Crippen MR) is 92.7 cm³/mol. The summed E-state index contributed by atoms with van der Waals surface area (Å²) < 4.78 is 54.2. The fraction of sp³-hybridized carbons (Fsp3) is 0.429. The van der Waals surface area contributed by atoms with Crippen LogP contribution in [0.2, 0.25) is 0 Å². The lowest BCUT2D eigenvalue weighted by Gasteiger charge is -2.35. The van der Waals surface area contributed by atoms with E-state index in [0.29, 0.717) is 24.2 Å². The van der Waals surface area contributed by atoms with E-state index in [1.807, 2.05) is 25.1 Å². The summed E-state index contributed by atoms with van der Waals surface area (Å²) in [4.78, 5) is 0. The van der Waals surface area contributed by atoms with Gasteiger partial charge in [0.2, 0.25) is 0 Å². The first-order valence-electron chi connectivity index (χ1n) is 8.86. The summed E-state index contributed by atoms with van der Waals surface area (Å²) in [5.74, 6) is -2.50. The minimum atomic E-state index is -2.78. The SMILES string of the molecule is COc1ccc(C23CCCC(F)(F)CC2Oc2cccc(C)c23)cc1F. The Morgan fingerprint density at radius 3 is 2.69 bits per heavy atom. The van der Waals surface area contributed by atoms with Gasteiger partial charge in [-0.05, 0) is 49.1 Å². The average Bonchev–Trinajstić information content (AvgIpc) is 2.82. The fourth-order valence-electron chi connectivity index (χ4n) is 4.65. The topological polar surface area (TPSA) is 18.5 Å². The molecule has 0 radical (unpaired) electrons. The van der Waals surface area contributed by atoms with Gasteiger partial charge < -0.3 is 9.47 Å². The Morgan fingerprint density at radius 2 is 1.96 bits per heavy atom. The molecule has 138 valence electrons. The number of alkyl halides is 2. The summed E-state index contributed by atoms with van der Waals surface area (Å²) in [5, 5.41) is 0. The molecule has 2 aromatic carbocycles. The number of hydrogen-bond donors (Lipinski definition) is 0. The Bertz CT molecular complexity index is 849. The van der Waals surface area contributed by atoms with Crippen molar-refractivity contribution in [2.45, 2.75) is 50.0 Å². The van der Waals surface area contributed by atoms with E-state index in [4.69, 9.17) is 9.47 Å². The molecule has 2 atom stereocenters. The lowest BCUT2D eigenvalue weighted by molar-refractivity contribution is -0.0402. The van der Waals surface area contributed by atoms with Crippen LogP contribution in [0.1, 0.15) is 42.4 Å². The molecule has 0 saturated heterocycles. The van der Waals surface area contributed by atoms with E-state index in [1.54, 1.807) is 12.1 Å². The zero-order valence-electron chi connectivity index (χ0n) is 14.8. The first-order chi connectivity index (χ1) is 12.4. The van der Waals surface area contributed by atoms with Gasteiger partial charge in [-0.25, -0.2) is 13.2 Å². The molecular formula is C21H21F3O2. The lowest BCUT2D eigenvalue weighted by Crippen LogP contribution is -2.41. The maximum Gasteiger partial charge on any atom is 0.251 e. The first-order valence-corrected chi connectivity index (χ1v) is 8.86. The van der Waals surface area contributed by atoms with Crippen molar-refractivity contribution < 1.29 is 22.6 Å². The molecule has 0 amide bonds. The van der Waals surface area contributed by atoms with Gasteiger partial charge in [-0.3, -0.25) is 0 Å². The number of halogens is 3. The zero-order chi connectivity index (χ0) is 18.5. The molecule has 0 spiro atoms. The molecule has 2 aliphatic rings. The van der Waals surface area contributed by atoms with E-state index in [1.165, 1.54) is 13.2 Å². The van der Waals surface area contributed by atoms with E-state index in [0.717, 1.165) is 11.1 Å². The van der Waals surface area contributed by atoms with E-state index >= 15 is 0 Å². The number of fused-ring (bicyclic) bond motifs is 3. The summed E-state index contributed by atoms with van der Waals surface area (Å²) in [5.41, 5.74) is 1.79. The fourth-order valence-corrected chi connectivity index (χ4v) is 4.65. The third kappa shape index (κ3) is 2.48. The number of rotatable bonds is 2. The Morgan fingerprint density at radius 1 is 1.15 bits per heavy atom. The van der Waals surface area contributed by atoms with Crippen molar-refractivity contribution in [2.24, 2.45) is 0 Å². The molecule has 4 rings (SSSR count). The summed E-state index contributed by atoms with van der Waals surface area (Å²) in [6.45, 7) is 1.95. The van der Waals surface area contributed by atoms with Crippen molar-refractivity contribution in [2.75, 3.05) is 7.11 Å². The van der Waals surface area contributed by atoms with Crippen molar-refractivity contribution in [1.82, 2.24) is 0 Å². The van der Waals surface area contributed by atoms with Crippen LogP contribution in [0.4, 0.5) is 13.2 Å². The van der Waals surface area contributed by atoms with Crippen LogP contribution in [-0.2, 0) is 5.41 Å². The highest BCUT2D eigenvalue weighted by atomic mass is 19.3. The van der Waals surface area contributed by atoms with Crippen LogP contribution in [0.3, 0.4) is 0 Å². The molecule has 0 N–H and O–H groups in total. The maximum absolute atomic E-state index is 14.5. The first kappa shape index (κ1) is 17.3. The molecular weight excluding hydrogens is 341 g/mol. The second-order valence-electron chi connectivity index (χ2n) is 7.29. The Labute approximate surface area is 150 Å². The monoisotopic (exact) mass is 362 g/mol. The quantitative estimate of drug-likeness (QED) is 0.712. The zero-order valence-corrected chi connectivity index (χ0v) is 14.8. The number of aryl methyl sites for hydroxylation is 1. The maximum atomic E-state index is 14.5. The molecule has 2 aromatic rings. The van der Waals surface area contributed by atoms with Crippen LogP contribution >= 0.6 is 0 Å². The highest BCUT2D eigenvalue weighted by Gasteiger charge is 2.55. The Balaban J connectivity index is 1.95. The molecule has 5 heteroatoms. The number of ether oxygens (including phenoxy) is 2. The second kappa shape index (κ2) is 5.93. The van der Waals surface area contributed by atoms with E-state index in [9.17, 15) is 13.2 Å². The molecule has 0 aromatic heterocycles. The van der Waals surface area contributed by atoms with Crippen molar-refractivity contribution in [3.63, 3.8) is 0 Å². The van der Waals surface area contributed by atoms with Crippen molar-refractivity contribution in [3.8, 4) is 11.5 Å². The van der Waals surface area contributed by atoms with Crippen molar-refractivity contribution in [3.05, 3.63) is 58.9 Å². The normalized spacial score (nSPS) is 26.4. The minimum absolute atomic E-state index is 0.143. The van der Waals surface area contributed by atoms with Crippen LogP contribution in [0, 0.1) is 12.7 Å². The van der Waals surface area contributed by atoms with Gasteiger partial charge in [0.15, 0.2) is 11.6 Å². The average molecular weight is 362 g/mol. The molecule has 2 unspecified atom stereocenters. The smallest absolute Gasteiger partial charge is 0.251 e. The largest absolute Gasteiger partial charge is 0.494 e. The highest BCUT2D eigenvalue weighted by Crippen LogP contribution is 2.56. The molecule has 1 heterocycles. The predicted octanol–water partition coefficient (Wildman–Crippen LogP) is 5.40. The number of benzene rings is 2. The number of methoxy groups -OCH3 is 1. The molecule has 2 nitrogen and oxygen atoms in total. The van der Waals surface area contributed by atoms with E-state index in [2.05, 4.69) is 0 Å². The van der Waals surface area contributed by atoms with Gasteiger partial charge in [-0.1, -0.05) is 18.2 Å². The van der Waals surface area contributed by atoms with Crippen LogP contribution in [0.25, 0.3) is 0 Å². The van der Waals surface area contributed by atoms with E-state index < -0.39 is 23.3 Å². The minimum Gasteiger partial charge on any atom is -0.494 e. The Hall–Kier alpha value is -2.17. The molecule has 1 aliphatic carbocycles. The molecule has 26 heavy (non-hydrogen) atoms. The highest BCUT2D eigenvalue weighted by molar-refractivity contribution is 5.56. The molecule has 1 aliphatic heterocycles. The lowest BCUT2D eigenvalue weighted by atomic mass is 9.67. The Kier molecular flexibility index (Phi) is 3.94. The molecule has 1 fully saturated rings. The summed E-state index contributed by atoms with van der Waals surface area (Å²) in [6, 6.07) is 10.4. The van der Waals surface area contributed by atoms with Gasteiger partial charge in [0, 0.05) is 18.4 Å².